The Bertz CT molecular complexity index is 465. The highest BCUT2D eigenvalue weighted by Crippen LogP contribution is 2.23. The van der Waals surface area contributed by atoms with Gasteiger partial charge in [0.2, 0.25) is 5.91 Å². The standard InChI is InChI=1S/C14H19FN2O2/c1-9-4-3-7-16-13(9)14(18)17-12-8-10(19-2)5-6-11(12)15/h5-6,8-9,13,16H,3-4,7H2,1-2H3,(H,17,18). The first-order valence-electron chi connectivity index (χ1n) is 6.49. The smallest absolute Gasteiger partial charge is 0.241 e. The molecule has 4 nitrogen and oxygen atoms in total. The number of hydrogen-bond acceptors (Lipinski definition) is 3. The summed E-state index contributed by atoms with van der Waals surface area (Å²) in [4.78, 5) is 12.1. The highest BCUT2D eigenvalue weighted by molar-refractivity contribution is 5.95. The first kappa shape index (κ1) is 13.8. The van der Waals surface area contributed by atoms with E-state index in [1.54, 1.807) is 0 Å². The van der Waals surface area contributed by atoms with Crippen LogP contribution in [-0.2, 0) is 4.79 Å². The molecule has 19 heavy (non-hydrogen) atoms. The van der Waals surface area contributed by atoms with Crippen molar-refractivity contribution in [2.75, 3.05) is 19.0 Å². The molecule has 104 valence electrons. The summed E-state index contributed by atoms with van der Waals surface area (Å²) in [7, 11) is 1.50. The van der Waals surface area contributed by atoms with E-state index in [-0.39, 0.29) is 23.6 Å². The van der Waals surface area contributed by atoms with Crippen LogP contribution < -0.4 is 15.4 Å². The lowest BCUT2D eigenvalue weighted by molar-refractivity contribution is -0.119. The van der Waals surface area contributed by atoms with Gasteiger partial charge in [0.05, 0.1) is 18.8 Å². The summed E-state index contributed by atoms with van der Waals surface area (Å²) >= 11 is 0. The maximum absolute atomic E-state index is 13.6. The number of halogens is 1. The predicted molar refractivity (Wildman–Crippen MR) is 71.8 cm³/mol. The number of piperidine rings is 1. The second kappa shape index (κ2) is 6.02. The van der Waals surface area contributed by atoms with Crippen LogP contribution in [0.1, 0.15) is 19.8 Å². The van der Waals surface area contributed by atoms with E-state index in [1.165, 1.54) is 25.3 Å². The van der Waals surface area contributed by atoms with E-state index in [0.29, 0.717) is 5.75 Å². The number of nitrogens with one attached hydrogen (secondary N) is 2. The van der Waals surface area contributed by atoms with E-state index in [0.717, 1.165) is 19.4 Å². The first-order valence-corrected chi connectivity index (χ1v) is 6.49. The summed E-state index contributed by atoms with van der Waals surface area (Å²) in [6.07, 6.45) is 2.07. The molecule has 1 saturated heterocycles. The van der Waals surface area contributed by atoms with Crippen LogP contribution in [0.2, 0.25) is 0 Å². The Balaban J connectivity index is 2.09. The van der Waals surface area contributed by atoms with Crippen molar-refractivity contribution >= 4 is 11.6 Å². The number of amides is 1. The van der Waals surface area contributed by atoms with Crippen molar-refractivity contribution in [1.29, 1.82) is 0 Å². The molecule has 1 aromatic rings. The van der Waals surface area contributed by atoms with Gasteiger partial charge < -0.3 is 15.4 Å². The van der Waals surface area contributed by atoms with Crippen molar-refractivity contribution < 1.29 is 13.9 Å². The average Bonchev–Trinajstić information content (AvgIpc) is 2.41. The molecule has 0 aromatic heterocycles. The van der Waals surface area contributed by atoms with Gasteiger partial charge in [-0.1, -0.05) is 6.92 Å². The summed E-state index contributed by atoms with van der Waals surface area (Å²) in [5, 5.41) is 5.80. The minimum atomic E-state index is -0.461. The summed E-state index contributed by atoms with van der Waals surface area (Å²) in [5.74, 6) is 0.112. The minimum Gasteiger partial charge on any atom is -0.497 e. The van der Waals surface area contributed by atoms with Gasteiger partial charge in [0.25, 0.3) is 0 Å². The largest absolute Gasteiger partial charge is 0.497 e. The third-order valence-corrected chi connectivity index (χ3v) is 3.48. The van der Waals surface area contributed by atoms with Crippen LogP contribution in [0.3, 0.4) is 0 Å². The molecule has 2 unspecified atom stereocenters. The van der Waals surface area contributed by atoms with Crippen LogP contribution in [0.5, 0.6) is 5.75 Å². The summed E-state index contributed by atoms with van der Waals surface area (Å²) in [5.41, 5.74) is 0.156. The van der Waals surface area contributed by atoms with Crippen LogP contribution in [-0.4, -0.2) is 25.6 Å². The molecule has 1 aromatic carbocycles. The van der Waals surface area contributed by atoms with Gasteiger partial charge in [0, 0.05) is 6.07 Å². The second-order valence-electron chi connectivity index (χ2n) is 4.89. The van der Waals surface area contributed by atoms with Crippen molar-refractivity contribution in [1.82, 2.24) is 5.32 Å². The molecule has 1 amide bonds. The van der Waals surface area contributed by atoms with Gasteiger partial charge in [0.1, 0.15) is 11.6 Å². The fourth-order valence-electron chi connectivity index (χ4n) is 2.34. The fraction of sp³-hybridized carbons (Fsp3) is 0.500. The van der Waals surface area contributed by atoms with E-state index in [9.17, 15) is 9.18 Å². The molecular weight excluding hydrogens is 247 g/mol. The molecule has 0 bridgehead atoms. The molecule has 1 fully saturated rings. The second-order valence-corrected chi connectivity index (χ2v) is 4.89. The molecular formula is C14H19FN2O2. The van der Waals surface area contributed by atoms with Crippen LogP contribution >= 0.6 is 0 Å². The van der Waals surface area contributed by atoms with Crippen LogP contribution in [0.4, 0.5) is 10.1 Å². The van der Waals surface area contributed by atoms with Gasteiger partial charge in [0.15, 0.2) is 0 Å². The molecule has 5 heteroatoms. The third kappa shape index (κ3) is 3.23. The lowest BCUT2D eigenvalue weighted by Crippen LogP contribution is -2.48. The van der Waals surface area contributed by atoms with E-state index in [2.05, 4.69) is 10.6 Å². The van der Waals surface area contributed by atoms with E-state index in [4.69, 9.17) is 4.74 Å². The maximum Gasteiger partial charge on any atom is 0.241 e. The molecule has 1 heterocycles. The van der Waals surface area contributed by atoms with Crippen molar-refractivity contribution in [3.8, 4) is 5.75 Å². The third-order valence-electron chi connectivity index (χ3n) is 3.48. The number of rotatable bonds is 3. The van der Waals surface area contributed by atoms with Crippen molar-refractivity contribution in [2.24, 2.45) is 5.92 Å². The van der Waals surface area contributed by atoms with Gasteiger partial charge >= 0.3 is 0 Å². The molecule has 0 radical (unpaired) electrons. The van der Waals surface area contributed by atoms with Crippen LogP contribution in [0, 0.1) is 11.7 Å². The first-order chi connectivity index (χ1) is 9.11. The highest BCUT2D eigenvalue weighted by atomic mass is 19.1. The summed E-state index contributed by atoms with van der Waals surface area (Å²) in [6.45, 7) is 2.85. The maximum atomic E-state index is 13.6. The molecule has 1 aliphatic heterocycles. The van der Waals surface area contributed by atoms with Crippen LogP contribution in [0.25, 0.3) is 0 Å². The quantitative estimate of drug-likeness (QED) is 0.881. The number of benzene rings is 1. The topological polar surface area (TPSA) is 50.4 Å². The van der Waals surface area contributed by atoms with Crippen molar-refractivity contribution in [3.63, 3.8) is 0 Å². The molecule has 2 N–H and O–H groups in total. The summed E-state index contributed by atoms with van der Waals surface area (Å²) in [6, 6.07) is 4.03. The molecule has 2 rings (SSSR count). The Kier molecular flexibility index (Phi) is 4.37. The average molecular weight is 266 g/mol. The van der Waals surface area contributed by atoms with Gasteiger partial charge in [-0.05, 0) is 37.4 Å². The number of ether oxygens (including phenoxy) is 1. The van der Waals surface area contributed by atoms with Crippen molar-refractivity contribution in [2.45, 2.75) is 25.8 Å². The van der Waals surface area contributed by atoms with E-state index in [1.807, 2.05) is 6.92 Å². The lowest BCUT2D eigenvalue weighted by Gasteiger charge is -2.29. The zero-order valence-corrected chi connectivity index (χ0v) is 11.2. The molecule has 0 spiro atoms. The van der Waals surface area contributed by atoms with Crippen molar-refractivity contribution in [3.05, 3.63) is 24.0 Å². The Morgan fingerprint density at radius 3 is 3.00 bits per heavy atom. The Morgan fingerprint density at radius 1 is 1.53 bits per heavy atom. The van der Waals surface area contributed by atoms with Gasteiger partial charge in [-0.15, -0.1) is 0 Å². The van der Waals surface area contributed by atoms with Gasteiger partial charge in [-0.2, -0.15) is 0 Å². The fourth-order valence-corrected chi connectivity index (χ4v) is 2.34. The zero-order chi connectivity index (χ0) is 13.8. The predicted octanol–water partition coefficient (Wildman–Crippen LogP) is 2.16. The molecule has 0 saturated carbocycles. The van der Waals surface area contributed by atoms with Crippen LogP contribution in [0.15, 0.2) is 18.2 Å². The number of hydrogen-bond donors (Lipinski definition) is 2. The minimum absolute atomic E-state index is 0.156. The zero-order valence-electron chi connectivity index (χ0n) is 11.2. The molecule has 0 aliphatic carbocycles. The highest BCUT2D eigenvalue weighted by Gasteiger charge is 2.27. The monoisotopic (exact) mass is 266 g/mol. The normalized spacial score (nSPS) is 22.9. The summed E-state index contributed by atoms with van der Waals surface area (Å²) < 4.78 is 18.7. The van der Waals surface area contributed by atoms with Gasteiger partial charge in [-0.3, -0.25) is 4.79 Å². The Labute approximate surface area is 112 Å². The van der Waals surface area contributed by atoms with E-state index >= 15 is 0 Å². The Hall–Kier alpha value is -1.62. The van der Waals surface area contributed by atoms with Gasteiger partial charge in [-0.25, -0.2) is 4.39 Å². The number of carbonyl (C=O) groups excluding carboxylic acids is 1. The lowest BCUT2D eigenvalue weighted by atomic mass is 9.92. The number of anilines is 1. The Morgan fingerprint density at radius 2 is 2.32 bits per heavy atom. The van der Waals surface area contributed by atoms with E-state index < -0.39 is 5.82 Å². The molecule has 1 aliphatic rings. The molecule has 2 atom stereocenters. The SMILES string of the molecule is COc1ccc(F)c(NC(=O)C2NCCCC2C)c1. The number of carbonyl (C=O) groups is 1. The number of methoxy groups -OCH3 is 1.